The zero-order valence-corrected chi connectivity index (χ0v) is 11.6. The Balaban J connectivity index is 1.79. The largest absolute Gasteiger partial charge is 0.378 e. The SMILES string of the molecule is Cc1csc(CNC(C)C(=O)N2CCOCC2)n1. The Kier molecular flexibility index (Phi) is 4.68. The summed E-state index contributed by atoms with van der Waals surface area (Å²) in [6.45, 7) is 7.20. The Morgan fingerprint density at radius 3 is 2.94 bits per heavy atom. The van der Waals surface area contributed by atoms with Crippen molar-refractivity contribution in [3.63, 3.8) is 0 Å². The van der Waals surface area contributed by atoms with E-state index in [1.165, 1.54) is 0 Å². The molecule has 0 spiro atoms. The Morgan fingerprint density at radius 2 is 2.33 bits per heavy atom. The van der Waals surface area contributed by atoms with Crippen LogP contribution in [0.2, 0.25) is 0 Å². The normalized spacial score (nSPS) is 17.8. The first kappa shape index (κ1) is 13.5. The van der Waals surface area contributed by atoms with Crippen molar-refractivity contribution in [1.29, 1.82) is 0 Å². The predicted molar refractivity (Wildman–Crippen MR) is 70.6 cm³/mol. The number of carbonyl (C=O) groups excluding carboxylic acids is 1. The molecule has 1 amide bonds. The Hall–Kier alpha value is -0.980. The summed E-state index contributed by atoms with van der Waals surface area (Å²) in [5.74, 6) is 0.145. The molecule has 0 aliphatic carbocycles. The number of ether oxygens (including phenoxy) is 1. The maximum atomic E-state index is 12.1. The predicted octanol–water partition coefficient (Wildman–Crippen LogP) is 0.788. The van der Waals surface area contributed by atoms with Gasteiger partial charge in [0.2, 0.25) is 5.91 Å². The highest BCUT2D eigenvalue weighted by Gasteiger charge is 2.22. The van der Waals surface area contributed by atoms with Crippen LogP contribution < -0.4 is 5.32 Å². The van der Waals surface area contributed by atoms with E-state index in [1.807, 2.05) is 24.1 Å². The summed E-state index contributed by atoms with van der Waals surface area (Å²) < 4.78 is 5.24. The molecule has 2 heterocycles. The minimum absolute atomic E-state index is 0.145. The number of hydrogen-bond donors (Lipinski definition) is 1. The fourth-order valence-corrected chi connectivity index (χ4v) is 2.59. The molecule has 1 aromatic rings. The number of nitrogens with zero attached hydrogens (tertiary/aromatic N) is 2. The molecule has 18 heavy (non-hydrogen) atoms. The average molecular weight is 269 g/mol. The van der Waals surface area contributed by atoms with Crippen LogP contribution >= 0.6 is 11.3 Å². The van der Waals surface area contributed by atoms with Gasteiger partial charge in [0.25, 0.3) is 0 Å². The number of rotatable bonds is 4. The summed E-state index contributed by atoms with van der Waals surface area (Å²) in [6.07, 6.45) is 0. The van der Waals surface area contributed by atoms with Gasteiger partial charge in [-0.05, 0) is 13.8 Å². The molecular formula is C12H19N3O2S. The zero-order chi connectivity index (χ0) is 13.0. The summed E-state index contributed by atoms with van der Waals surface area (Å²) >= 11 is 1.62. The second-order valence-corrected chi connectivity index (χ2v) is 5.37. The highest BCUT2D eigenvalue weighted by molar-refractivity contribution is 7.09. The van der Waals surface area contributed by atoms with Gasteiger partial charge in [0.15, 0.2) is 0 Å². The van der Waals surface area contributed by atoms with Gasteiger partial charge in [-0.25, -0.2) is 4.98 Å². The van der Waals surface area contributed by atoms with Crippen LogP contribution in [0, 0.1) is 6.92 Å². The van der Waals surface area contributed by atoms with Crippen molar-refractivity contribution >= 4 is 17.2 Å². The van der Waals surface area contributed by atoms with Gasteiger partial charge >= 0.3 is 0 Å². The molecule has 5 nitrogen and oxygen atoms in total. The fourth-order valence-electron chi connectivity index (χ4n) is 1.87. The minimum atomic E-state index is -0.174. The summed E-state index contributed by atoms with van der Waals surface area (Å²) in [6, 6.07) is -0.174. The molecule has 1 saturated heterocycles. The van der Waals surface area contributed by atoms with Crippen LogP contribution in [-0.2, 0) is 16.1 Å². The molecule has 1 aromatic heterocycles. The van der Waals surface area contributed by atoms with Crippen LogP contribution in [0.25, 0.3) is 0 Å². The van der Waals surface area contributed by atoms with Crippen LogP contribution in [0.5, 0.6) is 0 Å². The molecule has 1 atom stereocenters. The van der Waals surface area contributed by atoms with Gasteiger partial charge in [0.05, 0.1) is 19.3 Å². The molecule has 0 saturated carbocycles. The third-order valence-corrected chi connectivity index (χ3v) is 3.89. The van der Waals surface area contributed by atoms with Gasteiger partial charge in [0, 0.05) is 30.7 Å². The van der Waals surface area contributed by atoms with Gasteiger partial charge in [-0.3, -0.25) is 10.1 Å². The molecule has 0 radical (unpaired) electrons. The van der Waals surface area contributed by atoms with E-state index in [0.29, 0.717) is 32.8 Å². The van der Waals surface area contributed by atoms with Crippen LogP contribution in [0.3, 0.4) is 0 Å². The fraction of sp³-hybridized carbons (Fsp3) is 0.667. The van der Waals surface area contributed by atoms with Crippen LogP contribution in [0.4, 0.5) is 0 Å². The Morgan fingerprint density at radius 1 is 1.61 bits per heavy atom. The van der Waals surface area contributed by atoms with Gasteiger partial charge in [-0.1, -0.05) is 0 Å². The van der Waals surface area contributed by atoms with Gasteiger partial charge in [0.1, 0.15) is 5.01 Å². The molecule has 2 rings (SSSR count). The molecule has 6 heteroatoms. The highest BCUT2D eigenvalue weighted by atomic mass is 32.1. The summed E-state index contributed by atoms with van der Waals surface area (Å²) in [5.41, 5.74) is 1.03. The molecule has 0 bridgehead atoms. The van der Waals surface area contributed by atoms with E-state index in [-0.39, 0.29) is 11.9 Å². The van der Waals surface area contributed by atoms with E-state index >= 15 is 0 Å². The molecule has 1 unspecified atom stereocenters. The smallest absolute Gasteiger partial charge is 0.239 e. The van der Waals surface area contributed by atoms with Crippen LogP contribution in [0.15, 0.2) is 5.38 Å². The van der Waals surface area contributed by atoms with E-state index < -0.39 is 0 Å². The monoisotopic (exact) mass is 269 g/mol. The molecule has 0 aromatic carbocycles. The number of aryl methyl sites for hydroxylation is 1. The topological polar surface area (TPSA) is 54.5 Å². The van der Waals surface area contributed by atoms with Crippen molar-refractivity contribution in [2.45, 2.75) is 26.4 Å². The van der Waals surface area contributed by atoms with Gasteiger partial charge in [-0.15, -0.1) is 11.3 Å². The standard InChI is InChI=1S/C12H19N3O2S/c1-9-8-18-11(14-9)7-13-10(2)12(16)15-3-5-17-6-4-15/h8,10,13H,3-7H2,1-2H3. The number of carbonyl (C=O) groups is 1. The lowest BCUT2D eigenvalue weighted by Crippen LogP contribution is -2.49. The lowest BCUT2D eigenvalue weighted by atomic mass is 10.2. The number of amides is 1. The van der Waals surface area contributed by atoms with E-state index in [2.05, 4.69) is 10.3 Å². The highest BCUT2D eigenvalue weighted by Crippen LogP contribution is 2.08. The van der Waals surface area contributed by atoms with Crippen molar-refractivity contribution in [2.24, 2.45) is 0 Å². The molecule has 100 valence electrons. The second-order valence-electron chi connectivity index (χ2n) is 4.42. The first-order valence-corrected chi connectivity index (χ1v) is 7.05. The maximum Gasteiger partial charge on any atom is 0.239 e. The third-order valence-electron chi connectivity index (χ3n) is 2.92. The number of morpholine rings is 1. The molecule has 1 aliphatic rings. The van der Waals surface area contributed by atoms with E-state index in [1.54, 1.807) is 11.3 Å². The zero-order valence-electron chi connectivity index (χ0n) is 10.8. The quantitative estimate of drug-likeness (QED) is 0.878. The van der Waals surface area contributed by atoms with Gasteiger partial charge in [-0.2, -0.15) is 0 Å². The number of hydrogen-bond acceptors (Lipinski definition) is 5. The Labute approximate surface area is 111 Å². The summed E-state index contributed by atoms with van der Waals surface area (Å²) in [5, 5.41) is 6.27. The lowest BCUT2D eigenvalue weighted by Gasteiger charge is -2.29. The first-order valence-electron chi connectivity index (χ1n) is 6.18. The van der Waals surface area contributed by atoms with E-state index in [4.69, 9.17) is 4.74 Å². The maximum absolute atomic E-state index is 12.1. The second kappa shape index (κ2) is 6.26. The summed E-state index contributed by atoms with van der Waals surface area (Å²) in [4.78, 5) is 18.3. The Bertz CT molecular complexity index is 402. The van der Waals surface area contributed by atoms with Crippen molar-refractivity contribution in [2.75, 3.05) is 26.3 Å². The third kappa shape index (κ3) is 3.51. The molecule has 1 aliphatic heterocycles. The van der Waals surface area contributed by atoms with Crippen LogP contribution in [-0.4, -0.2) is 48.1 Å². The number of thiazole rings is 1. The molecule has 1 N–H and O–H groups in total. The van der Waals surface area contributed by atoms with E-state index in [0.717, 1.165) is 10.7 Å². The number of aromatic nitrogens is 1. The van der Waals surface area contributed by atoms with E-state index in [9.17, 15) is 4.79 Å². The van der Waals surface area contributed by atoms with Gasteiger partial charge < -0.3 is 9.64 Å². The molecular weight excluding hydrogens is 250 g/mol. The number of nitrogens with one attached hydrogen (secondary N) is 1. The summed E-state index contributed by atoms with van der Waals surface area (Å²) in [7, 11) is 0. The van der Waals surface area contributed by atoms with Crippen molar-refractivity contribution in [3.8, 4) is 0 Å². The minimum Gasteiger partial charge on any atom is -0.378 e. The van der Waals surface area contributed by atoms with Crippen molar-refractivity contribution in [3.05, 3.63) is 16.1 Å². The molecule has 1 fully saturated rings. The lowest BCUT2D eigenvalue weighted by molar-refractivity contribution is -0.137. The first-order chi connectivity index (χ1) is 8.66. The average Bonchev–Trinajstić information content (AvgIpc) is 2.82. The van der Waals surface area contributed by atoms with Crippen molar-refractivity contribution in [1.82, 2.24) is 15.2 Å². The van der Waals surface area contributed by atoms with Crippen LogP contribution in [0.1, 0.15) is 17.6 Å². The van der Waals surface area contributed by atoms with Crippen molar-refractivity contribution < 1.29 is 9.53 Å².